The van der Waals surface area contributed by atoms with Gasteiger partial charge < -0.3 is 9.88 Å². The highest BCUT2D eigenvalue weighted by Crippen LogP contribution is 2.27. The Labute approximate surface area is 159 Å². The van der Waals surface area contributed by atoms with Crippen LogP contribution in [0.15, 0.2) is 42.5 Å². The molecule has 3 nitrogen and oxygen atoms in total. The first kappa shape index (κ1) is 17.8. The molecule has 1 aliphatic rings. The number of carbonyl (C=O) groups excluding carboxylic acids is 1. The fourth-order valence-electron chi connectivity index (χ4n) is 4.11. The van der Waals surface area contributed by atoms with Crippen molar-refractivity contribution >= 4 is 16.8 Å². The Morgan fingerprint density at radius 1 is 1.11 bits per heavy atom. The zero-order chi connectivity index (χ0) is 19.0. The van der Waals surface area contributed by atoms with Crippen molar-refractivity contribution in [3.63, 3.8) is 0 Å². The Kier molecular flexibility index (Phi) is 4.73. The molecule has 0 bridgehead atoms. The molecule has 1 aromatic heterocycles. The van der Waals surface area contributed by atoms with E-state index in [4.69, 9.17) is 0 Å². The molecule has 1 saturated carbocycles. The quantitative estimate of drug-likeness (QED) is 0.685. The van der Waals surface area contributed by atoms with E-state index < -0.39 is 0 Å². The van der Waals surface area contributed by atoms with Gasteiger partial charge in [-0.15, -0.1) is 0 Å². The molecule has 1 aliphatic carbocycles. The predicted octanol–water partition coefficient (Wildman–Crippen LogP) is 5.12. The van der Waals surface area contributed by atoms with Gasteiger partial charge in [-0.1, -0.05) is 25.0 Å². The Balaban J connectivity index is 1.65. The standard InChI is InChI=1S/C23H25FN2O/c1-15-16(2)26(14-17-7-10-19(24)11-8-17)22-12-9-18(13-21(15)22)23(27)25-20-5-3-4-6-20/h7-13,20H,3-6,14H2,1-2H3,(H,25,27). The Morgan fingerprint density at radius 2 is 1.81 bits per heavy atom. The third kappa shape index (κ3) is 3.48. The number of nitrogens with zero attached hydrogens (tertiary/aromatic N) is 1. The normalized spacial score (nSPS) is 14.8. The fourth-order valence-corrected chi connectivity index (χ4v) is 4.11. The van der Waals surface area contributed by atoms with Crippen molar-refractivity contribution in [3.8, 4) is 0 Å². The van der Waals surface area contributed by atoms with E-state index in [2.05, 4.69) is 23.7 Å². The van der Waals surface area contributed by atoms with E-state index in [9.17, 15) is 9.18 Å². The minimum atomic E-state index is -0.220. The summed E-state index contributed by atoms with van der Waals surface area (Å²) in [5.74, 6) is -0.200. The summed E-state index contributed by atoms with van der Waals surface area (Å²) in [6, 6.07) is 12.9. The number of benzene rings is 2. The molecule has 0 spiro atoms. The van der Waals surface area contributed by atoms with Crippen LogP contribution in [-0.2, 0) is 6.54 Å². The SMILES string of the molecule is Cc1c(C)n(Cc2ccc(F)cc2)c2ccc(C(=O)NC3CCCC3)cc12. The number of fused-ring (bicyclic) bond motifs is 1. The molecule has 1 heterocycles. The van der Waals surface area contributed by atoms with E-state index in [1.165, 1.54) is 36.2 Å². The maximum absolute atomic E-state index is 13.2. The van der Waals surface area contributed by atoms with Crippen molar-refractivity contribution in [1.29, 1.82) is 0 Å². The molecule has 1 amide bonds. The van der Waals surface area contributed by atoms with Crippen LogP contribution in [0.5, 0.6) is 0 Å². The minimum absolute atomic E-state index is 0.0205. The van der Waals surface area contributed by atoms with Gasteiger partial charge in [-0.05, 0) is 68.1 Å². The Bertz CT molecular complexity index is 982. The van der Waals surface area contributed by atoms with Gasteiger partial charge in [-0.25, -0.2) is 4.39 Å². The number of aryl methyl sites for hydroxylation is 1. The first-order valence-corrected chi connectivity index (χ1v) is 9.67. The van der Waals surface area contributed by atoms with E-state index >= 15 is 0 Å². The van der Waals surface area contributed by atoms with Crippen LogP contribution in [0.25, 0.3) is 10.9 Å². The summed E-state index contributed by atoms with van der Waals surface area (Å²) < 4.78 is 15.4. The van der Waals surface area contributed by atoms with Gasteiger partial charge in [-0.2, -0.15) is 0 Å². The summed E-state index contributed by atoms with van der Waals surface area (Å²) in [6.45, 7) is 4.87. The minimum Gasteiger partial charge on any atom is -0.349 e. The van der Waals surface area contributed by atoms with Gasteiger partial charge in [0.15, 0.2) is 0 Å². The summed E-state index contributed by atoms with van der Waals surface area (Å²) in [5.41, 5.74) is 5.23. The Morgan fingerprint density at radius 3 is 2.52 bits per heavy atom. The summed E-state index contributed by atoms with van der Waals surface area (Å²) >= 11 is 0. The molecule has 1 N–H and O–H groups in total. The lowest BCUT2D eigenvalue weighted by atomic mass is 10.1. The highest BCUT2D eigenvalue weighted by atomic mass is 19.1. The topological polar surface area (TPSA) is 34.0 Å². The molecule has 0 atom stereocenters. The van der Waals surface area contributed by atoms with Crippen LogP contribution in [0, 0.1) is 19.7 Å². The molecule has 0 saturated heterocycles. The number of rotatable bonds is 4. The van der Waals surface area contributed by atoms with Crippen LogP contribution >= 0.6 is 0 Å². The number of nitrogens with one attached hydrogen (secondary N) is 1. The summed E-state index contributed by atoms with van der Waals surface area (Å²) in [7, 11) is 0. The van der Waals surface area contributed by atoms with E-state index in [1.54, 1.807) is 0 Å². The monoisotopic (exact) mass is 364 g/mol. The van der Waals surface area contributed by atoms with Gasteiger partial charge in [0.05, 0.1) is 0 Å². The van der Waals surface area contributed by atoms with Crippen LogP contribution in [0.3, 0.4) is 0 Å². The third-order valence-electron chi connectivity index (χ3n) is 5.85. The van der Waals surface area contributed by atoms with Crippen LogP contribution in [-0.4, -0.2) is 16.5 Å². The molecule has 0 aliphatic heterocycles. The van der Waals surface area contributed by atoms with Crippen molar-refractivity contribution < 1.29 is 9.18 Å². The van der Waals surface area contributed by atoms with Crippen molar-refractivity contribution in [2.24, 2.45) is 0 Å². The van der Waals surface area contributed by atoms with Gasteiger partial charge >= 0.3 is 0 Å². The number of amides is 1. The molecule has 4 rings (SSSR count). The van der Waals surface area contributed by atoms with Crippen LogP contribution < -0.4 is 5.32 Å². The zero-order valence-electron chi connectivity index (χ0n) is 15.9. The number of halogens is 1. The molecule has 3 aromatic rings. The molecular formula is C23H25FN2O. The van der Waals surface area contributed by atoms with E-state index in [0.717, 1.165) is 34.9 Å². The van der Waals surface area contributed by atoms with Crippen LogP contribution in [0.1, 0.15) is 52.9 Å². The van der Waals surface area contributed by atoms with Gasteiger partial charge in [0.25, 0.3) is 5.91 Å². The maximum Gasteiger partial charge on any atom is 0.251 e. The van der Waals surface area contributed by atoms with Crippen LogP contribution in [0.2, 0.25) is 0 Å². The second kappa shape index (κ2) is 7.18. The molecule has 4 heteroatoms. The summed E-state index contributed by atoms with van der Waals surface area (Å²) in [4.78, 5) is 12.6. The number of carbonyl (C=O) groups is 1. The number of hydrogen-bond acceptors (Lipinski definition) is 1. The maximum atomic E-state index is 13.2. The average molecular weight is 364 g/mol. The second-order valence-corrected chi connectivity index (χ2v) is 7.61. The number of hydrogen-bond donors (Lipinski definition) is 1. The molecule has 0 unspecified atom stereocenters. The first-order valence-electron chi connectivity index (χ1n) is 9.67. The first-order chi connectivity index (χ1) is 13.0. The smallest absolute Gasteiger partial charge is 0.251 e. The van der Waals surface area contributed by atoms with Gasteiger partial charge in [0.1, 0.15) is 5.82 Å². The third-order valence-corrected chi connectivity index (χ3v) is 5.85. The van der Waals surface area contributed by atoms with Crippen molar-refractivity contribution in [2.75, 3.05) is 0 Å². The Hall–Kier alpha value is -2.62. The lowest BCUT2D eigenvalue weighted by Crippen LogP contribution is -2.32. The summed E-state index contributed by atoms with van der Waals surface area (Å²) in [6.07, 6.45) is 4.57. The highest BCUT2D eigenvalue weighted by Gasteiger charge is 2.19. The highest BCUT2D eigenvalue weighted by molar-refractivity contribution is 5.99. The summed E-state index contributed by atoms with van der Waals surface area (Å²) in [5, 5.41) is 4.27. The molecule has 2 aromatic carbocycles. The molecule has 140 valence electrons. The van der Waals surface area contributed by atoms with Gasteiger partial charge in [0, 0.05) is 34.7 Å². The van der Waals surface area contributed by atoms with Crippen LogP contribution in [0.4, 0.5) is 4.39 Å². The van der Waals surface area contributed by atoms with Crippen molar-refractivity contribution in [3.05, 3.63) is 70.7 Å². The largest absolute Gasteiger partial charge is 0.349 e. The van der Waals surface area contributed by atoms with E-state index in [1.807, 2.05) is 30.3 Å². The predicted molar refractivity (Wildman–Crippen MR) is 107 cm³/mol. The number of aromatic nitrogens is 1. The van der Waals surface area contributed by atoms with Crippen molar-refractivity contribution in [2.45, 2.75) is 52.1 Å². The van der Waals surface area contributed by atoms with E-state index in [-0.39, 0.29) is 11.7 Å². The van der Waals surface area contributed by atoms with Crippen molar-refractivity contribution in [1.82, 2.24) is 9.88 Å². The van der Waals surface area contributed by atoms with Gasteiger partial charge in [-0.3, -0.25) is 4.79 Å². The molecule has 0 radical (unpaired) electrons. The zero-order valence-corrected chi connectivity index (χ0v) is 15.9. The molecular weight excluding hydrogens is 339 g/mol. The lowest BCUT2D eigenvalue weighted by molar-refractivity contribution is 0.0938. The second-order valence-electron chi connectivity index (χ2n) is 7.61. The molecule has 27 heavy (non-hydrogen) atoms. The molecule has 1 fully saturated rings. The van der Waals surface area contributed by atoms with Gasteiger partial charge in [0.2, 0.25) is 0 Å². The van der Waals surface area contributed by atoms with E-state index in [0.29, 0.717) is 12.6 Å². The lowest BCUT2D eigenvalue weighted by Gasteiger charge is -2.12. The fraction of sp³-hybridized carbons (Fsp3) is 0.348. The average Bonchev–Trinajstić information content (AvgIpc) is 3.26.